The van der Waals surface area contributed by atoms with E-state index >= 15 is 0 Å². The molecular formula is C14H22N2O4. The molecule has 0 unspecified atom stereocenters. The predicted octanol–water partition coefficient (Wildman–Crippen LogP) is 2.02. The SMILES string of the molecule is CCOC1(c2noc(CC(=O)COC)n2)CCCCC1. The smallest absolute Gasteiger partial charge is 0.234 e. The summed E-state index contributed by atoms with van der Waals surface area (Å²) in [5, 5.41) is 4.04. The molecule has 1 aromatic heterocycles. The molecule has 0 aromatic carbocycles. The van der Waals surface area contributed by atoms with Crippen molar-refractivity contribution in [1.29, 1.82) is 0 Å². The zero-order valence-corrected chi connectivity index (χ0v) is 12.2. The monoisotopic (exact) mass is 282 g/mol. The summed E-state index contributed by atoms with van der Waals surface area (Å²) in [5.74, 6) is 0.850. The molecule has 1 heterocycles. The maximum absolute atomic E-state index is 11.5. The number of ether oxygens (including phenoxy) is 2. The summed E-state index contributed by atoms with van der Waals surface area (Å²) in [6.07, 6.45) is 5.35. The van der Waals surface area contributed by atoms with Crippen molar-refractivity contribution in [2.45, 2.75) is 51.0 Å². The quantitative estimate of drug-likeness (QED) is 0.761. The van der Waals surface area contributed by atoms with Gasteiger partial charge in [-0.1, -0.05) is 24.4 Å². The van der Waals surface area contributed by atoms with Gasteiger partial charge in [0.05, 0.1) is 6.42 Å². The van der Waals surface area contributed by atoms with Gasteiger partial charge in [0.25, 0.3) is 0 Å². The van der Waals surface area contributed by atoms with Crippen LogP contribution in [-0.2, 0) is 26.3 Å². The molecule has 1 aromatic rings. The Bertz CT molecular complexity index is 433. The van der Waals surface area contributed by atoms with Crippen LogP contribution in [0.25, 0.3) is 0 Å². The van der Waals surface area contributed by atoms with Crippen molar-refractivity contribution < 1.29 is 18.8 Å². The molecule has 0 N–H and O–H groups in total. The minimum Gasteiger partial charge on any atom is -0.377 e. The third kappa shape index (κ3) is 3.43. The molecule has 0 saturated heterocycles. The van der Waals surface area contributed by atoms with Crippen molar-refractivity contribution in [2.24, 2.45) is 0 Å². The minimum absolute atomic E-state index is 0.0638. The predicted molar refractivity (Wildman–Crippen MR) is 71.3 cm³/mol. The van der Waals surface area contributed by atoms with E-state index in [1.54, 1.807) is 0 Å². The number of carbonyl (C=O) groups is 1. The van der Waals surface area contributed by atoms with Gasteiger partial charge in [0.1, 0.15) is 12.2 Å². The Kier molecular flexibility index (Phi) is 5.25. The lowest BCUT2D eigenvalue weighted by molar-refractivity contribution is -0.122. The van der Waals surface area contributed by atoms with Crippen LogP contribution in [-0.4, -0.2) is 36.2 Å². The van der Waals surface area contributed by atoms with Gasteiger partial charge < -0.3 is 14.0 Å². The highest BCUT2D eigenvalue weighted by atomic mass is 16.5. The van der Waals surface area contributed by atoms with Gasteiger partial charge in [0, 0.05) is 13.7 Å². The Morgan fingerprint density at radius 1 is 1.35 bits per heavy atom. The second-order valence-electron chi connectivity index (χ2n) is 5.15. The molecule has 1 aliphatic carbocycles. The Hall–Kier alpha value is -1.27. The highest BCUT2D eigenvalue weighted by molar-refractivity contribution is 5.81. The van der Waals surface area contributed by atoms with Crippen LogP contribution in [0.5, 0.6) is 0 Å². The summed E-state index contributed by atoms with van der Waals surface area (Å²) < 4.78 is 15.9. The van der Waals surface area contributed by atoms with Gasteiger partial charge in [-0.2, -0.15) is 4.98 Å². The molecule has 0 atom stereocenters. The van der Waals surface area contributed by atoms with Crippen LogP contribution in [0.2, 0.25) is 0 Å². The molecule has 2 rings (SSSR count). The zero-order valence-electron chi connectivity index (χ0n) is 12.2. The second kappa shape index (κ2) is 6.95. The summed E-state index contributed by atoms with van der Waals surface area (Å²) in [6.45, 7) is 2.65. The number of rotatable bonds is 7. The Morgan fingerprint density at radius 3 is 2.75 bits per heavy atom. The van der Waals surface area contributed by atoms with Gasteiger partial charge in [-0.05, 0) is 19.8 Å². The zero-order chi connectivity index (χ0) is 14.4. The molecule has 1 aliphatic rings. The van der Waals surface area contributed by atoms with E-state index in [4.69, 9.17) is 14.0 Å². The molecule has 0 aliphatic heterocycles. The van der Waals surface area contributed by atoms with Crippen molar-refractivity contribution in [3.63, 3.8) is 0 Å². The third-order valence-electron chi connectivity index (χ3n) is 3.61. The minimum atomic E-state index is -0.431. The van der Waals surface area contributed by atoms with E-state index in [0.29, 0.717) is 18.3 Å². The molecule has 112 valence electrons. The van der Waals surface area contributed by atoms with Gasteiger partial charge in [-0.25, -0.2) is 0 Å². The van der Waals surface area contributed by atoms with Crippen molar-refractivity contribution in [3.05, 3.63) is 11.7 Å². The Labute approximate surface area is 118 Å². The number of aromatic nitrogens is 2. The summed E-state index contributed by atoms with van der Waals surface area (Å²) in [4.78, 5) is 15.9. The average molecular weight is 282 g/mol. The van der Waals surface area contributed by atoms with E-state index in [0.717, 1.165) is 25.7 Å². The van der Waals surface area contributed by atoms with Crippen LogP contribution in [0, 0.1) is 0 Å². The molecule has 20 heavy (non-hydrogen) atoms. The van der Waals surface area contributed by atoms with Crippen molar-refractivity contribution >= 4 is 5.78 Å². The fraction of sp³-hybridized carbons (Fsp3) is 0.786. The number of methoxy groups -OCH3 is 1. The van der Waals surface area contributed by atoms with E-state index in [1.807, 2.05) is 6.92 Å². The summed E-state index contributed by atoms with van der Waals surface area (Å²) in [7, 11) is 1.49. The lowest BCUT2D eigenvalue weighted by Gasteiger charge is -2.33. The Morgan fingerprint density at radius 2 is 2.10 bits per heavy atom. The van der Waals surface area contributed by atoms with Crippen LogP contribution in [0.3, 0.4) is 0 Å². The maximum Gasteiger partial charge on any atom is 0.234 e. The van der Waals surface area contributed by atoms with Crippen molar-refractivity contribution in [2.75, 3.05) is 20.3 Å². The first-order valence-electron chi connectivity index (χ1n) is 7.18. The standard InChI is InChI=1S/C14H22N2O4/c1-3-19-14(7-5-4-6-8-14)13-15-12(20-16-13)9-11(17)10-18-2/h3-10H2,1-2H3. The van der Waals surface area contributed by atoms with Crippen molar-refractivity contribution in [3.8, 4) is 0 Å². The first-order valence-corrected chi connectivity index (χ1v) is 7.18. The van der Waals surface area contributed by atoms with E-state index in [2.05, 4.69) is 10.1 Å². The lowest BCUT2D eigenvalue weighted by atomic mass is 9.84. The van der Waals surface area contributed by atoms with Gasteiger partial charge in [0.15, 0.2) is 5.78 Å². The summed E-state index contributed by atoms with van der Waals surface area (Å²) in [6, 6.07) is 0. The fourth-order valence-corrected chi connectivity index (χ4v) is 2.72. The van der Waals surface area contributed by atoms with E-state index in [9.17, 15) is 4.79 Å². The number of hydrogen-bond acceptors (Lipinski definition) is 6. The van der Waals surface area contributed by atoms with Crippen LogP contribution >= 0.6 is 0 Å². The molecule has 6 heteroatoms. The molecule has 1 saturated carbocycles. The van der Waals surface area contributed by atoms with Crippen LogP contribution in [0.4, 0.5) is 0 Å². The average Bonchev–Trinajstić information content (AvgIpc) is 2.89. The van der Waals surface area contributed by atoms with Gasteiger partial charge >= 0.3 is 0 Å². The first-order chi connectivity index (χ1) is 9.70. The van der Waals surface area contributed by atoms with Gasteiger partial charge in [-0.15, -0.1) is 0 Å². The number of carbonyl (C=O) groups excluding carboxylic acids is 1. The molecule has 0 spiro atoms. The molecule has 6 nitrogen and oxygen atoms in total. The second-order valence-corrected chi connectivity index (χ2v) is 5.15. The fourth-order valence-electron chi connectivity index (χ4n) is 2.72. The molecule has 0 radical (unpaired) electrons. The van der Waals surface area contributed by atoms with E-state index < -0.39 is 5.60 Å². The number of hydrogen-bond donors (Lipinski definition) is 0. The highest BCUT2D eigenvalue weighted by Crippen LogP contribution is 2.39. The summed E-state index contributed by atoms with van der Waals surface area (Å²) in [5.41, 5.74) is -0.431. The summed E-state index contributed by atoms with van der Waals surface area (Å²) >= 11 is 0. The topological polar surface area (TPSA) is 74.5 Å². The van der Waals surface area contributed by atoms with Crippen LogP contribution in [0.1, 0.15) is 50.7 Å². The lowest BCUT2D eigenvalue weighted by Crippen LogP contribution is -2.33. The number of ketones is 1. The molecule has 0 bridgehead atoms. The van der Waals surface area contributed by atoms with Gasteiger partial charge in [0.2, 0.25) is 11.7 Å². The molecule has 0 amide bonds. The highest BCUT2D eigenvalue weighted by Gasteiger charge is 2.39. The normalized spacial score (nSPS) is 18.1. The van der Waals surface area contributed by atoms with Crippen molar-refractivity contribution in [1.82, 2.24) is 10.1 Å². The molecule has 1 fully saturated rings. The largest absolute Gasteiger partial charge is 0.377 e. The number of Topliss-reactive ketones (excluding diaryl/α,β-unsaturated/α-hetero) is 1. The van der Waals surface area contributed by atoms with Crippen LogP contribution in [0.15, 0.2) is 4.52 Å². The third-order valence-corrected chi connectivity index (χ3v) is 3.61. The maximum atomic E-state index is 11.5. The van der Waals surface area contributed by atoms with E-state index in [-0.39, 0.29) is 18.8 Å². The van der Waals surface area contributed by atoms with E-state index in [1.165, 1.54) is 13.5 Å². The van der Waals surface area contributed by atoms with Crippen LogP contribution < -0.4 is 0 Å². The van der Waals surface area contributed by atoms with Gasteiger partial charge in [-0.3, -0.25) is 4.79 Å². The molecular weight excluding hydrogens is 260 g/mol. The first kappa shape index (κ1) is 15.1. The number of nitrogens with zero attached hydrogens (tertiary/aromatic N) is 2. The Balaban J connectivity index is 2.10.